The Labute approximate surface area is 178 Å². The molecule has 28 heavy (non-hydrogen) atoms. The van der Waals surface area contributed by atoms with Crippen LogP contribution in [-0.4, -0.2) is 43.8 Å². The minimum atomic E-state index is -1.91. The Bertz CT molecular complexity index is 776. The van der Waals surface area contributed by atoms with E-state index in [1.54, 1.807) is 18.7 Å². The van der Waals surface area contributed by atoms with Gasteiger partial charge in [0.15, 0.2) is 8.32 Å². The van der Waals surface area contributed by atoms with E-state index < -0.39 is 13.9 Å². The summed E-state index contributed by atoms with van der Waals surface area (Å²) in [7, 11) is -1.91. The molecule has 0 aromatic heterocycles. The van der Waals surface area contributed by atoms with Gasteiger partial charge in [0.2, 0.25) is 0 Å². The molecule has 0 spiro atoms. The molecule has 1 aliphatic rings. The van der Waals surface area contributed by atoms with Gasteiger partial charge in [-0.25, -0.2) is 9.69 Å². The summed E-state index contributed by atoms with van der Waals surface area (Å²) < 4.78 is 7.23. The summed E-state index contributed by atoms with van der Waals surface area (Å²) in [6.07, 6.45) is 0. The molecular weight excluding hydrogens is 436 g/mol. The van der Waals surface area contributed by atoms with Gasteiger partial charge < -0.3 is 9.33 Å². The number of carbonyl (C=O) groups is 2. The van der Waals surface area contributed by atoms with Crippen LogP contribution in [0.25, 0.3) is 0 Å². The molecule has 1 heterocycles. The van der Waals surface area contributed by atoms with Crippen LogP contribution in [0.5, 0.6) is 0 Å². The standard InChI is InChI=1S/C21H33BrN2O3Si/c1-14-12-16(13-15(2)17(14)22)24-18(25)21(6,7)23(19(24)26)10-11-27-28(8,9)20(3,4)5/h12-13H,10-11H2,1-9H3. The highest BCUT2D eigenvalue weighted by Crippen LogP contribution is 2.37. The van der Waals surface area contributed by atoms with Gasteiger partial charge in [0.25, 0.3) is 5.91 Å². The van der Waals surface area contributed by atoms with Crippen LogP contribution in [0.2, 0.25) is 18.1 Å². The van der Waals surface area contributed by atoms with E-state index in [4.69, 9.17) is 4.43 Å². The summed E-state index contributed by atoms with van der Waals surface area (Å²) in [5.74, 6) is -0.203. The van der Waals surface area contributed by atoms with Crippen molar-refractivity contribution in [1.29, 1.82) is 0 Å². The third-order valence-electron chi connectivity index (χ3n) is 6.09. The third kappa shape index (κ3) is 4.07. The zero-order chi connectivity index (χ0) is 21.7. The molecule has 0 unspecified atom stereocenters. The zero-order valence-corrected chi connectivity index (χ0v) is 21.2. The maximum Gasteiger partial charge on any atom is 0.332 e. The number of anilines is 1. The molecule has 1 fully saturated rings. The maximum atomic E-state index is 13.2. The largest absolute Gasteiger partial charge is 0.415 e. The lowest BCUT2D eigenvalue weighted by Crippen LogP contribution is -2.48. The SMILES string of the molecule is Cc1cc(N2C(=O)N(CCO[Si](C)(C)C(C)(C)C)C(C)(C)C2=O)cc(C)c1Br. The van der Waals surface area contributed by atoms with Crippen molar-refractivity contribution in [2.75, 3.05) is 18.1 Å². The summed E-state index contributed by atoms with van der Waals surface area (Å²) in [5, 5.41) is 0.103. The quantitative estimate of drug-likeness (QED) is 0.415. The normalized spacial score (nSPS) is 17.6. The van der Waals surface area contributed by atoms with Crippen LogP contribution in [0, 0.1) is 13.8 Å². The van der Waals surface area contributed by atoms with E-state index in [1.165, 1.54) is 4.90 Å². The van der Waals surface area contributed by atoms with E-state index in [1.807, 2.05) is 26.0 Å². The highest BCUT2D eigenvalue weighted by atomic mass is 79.9. The Balaban J connectivity index is 2.24. The van der Waals surface area contributed by atoms with Crippen molar-refractivity contribution in [2.24, 2.45) is 0 Å². The zero-order valence-electron chi connectivity index (χ0n) is 18.6. The molecular formula is C21H33BrN2O3Si. The first-order chi connectivity index (χ1) is 12.6. The van der Waals surface area contributed by atoms with E-state index in [-0.39, 0.29) is 17.0 Å². The Morgan fingerprint density at radius 3 is 2.07 bits per heavy atom. The molecule has 0 atom stereocenters. The molecule has 5 nitrogen and oxygen atoms in total. The van der Waals surface area contributed by atoms with Gasteiger partial charge in [-0.15, -0.1) is 0 Å². The molecule has 2 rings (SSSR count). The fourth-order valence-corrected chi connectivity index (χ4v) is 4.36. The maximum absolute atomic E-state index is 13.2. The topological polar surface area (TPSA) is 49.9 Å². The van der Waals surface area contributed by atoms with Crippen molar-refractivity contribution in [2.45, 2.75) is 72.1 Å². The van der Waals surface area contributed by atoms with Crippen LogP contribution >= 0.6 is 15.9 Å². The second-order valence-electron chi connectivity index (χ2n) is 9.64. The van der Waals surface area contributed by atoms with E-state index in [9.17, 15) is 9.59 Å². The minimum absolute atomic E-state index is 0.103. The van der Waals surface area contributed by atoms with Crippen LogP contribution < -0.4 is 4.90 Å². The molecule has 0 saturated carbocycles. The van der Waals surface area contributed by atoms with Crippen molar-refractivity contribution in [3.63, 3.8) is 0 Å². The Morgan fingerprint density at radius 1 is 1.11 bits per heavy atom. The van der Waals surface area contributed by atoms with Gasteiger partial charge in [0.05, 0.1) is 12.3 Å². The Hall–Kier alpha value is -1.18. The molecule has 0 N–H and O–H groups in total. The van der Waals surface area contributed by atoms with Gasteiger partial charge in [0, 0.05) is 11.0 Å². The molecule has 0 bridgehead atoms. The predicted molar refractivity (Wildman–Crippen MR) is 120 cm³/mol. The van der Waals surface area contributed by atoms with Crippen LogP contribution in [-0.2, 0) is 9.22 Å². The lowest BCUT2D eigenvalue weighted by molar-refractivity contribution is -0.123. The highest BCUT2D eigenvalue weighted by Gasteiger charge is 2.52. The minimum Gasteiger partial charge on any atom is -0.415 e. The third-order valence-corrected chi connectivity index (χ3v) is 11.9. The molecule has 3 amide bonds. The number of amides is 3. The number of nitrogens with zero attached hydrogens (tertiary/aromatic N) is 2. The Kier molecular flexibility index (Phi) is 6.25. The molecule has 1 saturated heterocycles. The van der Waals surface area contributed by atoms with Gasteiger partial charge in [-0.1, -0.05) is 36.7 Å². The first-order valence-electron chi connectivity index (χ1n) is 9.68. The van der Waals surface area contributed by atoms with E-state index in [0.29, 0.717) is 18.8 Å². The summed E-state index contributed by atoms with van der Waals surface area (Å²) in [4.78, 5) is 29.2. The second kappa shape index (κ2) is 7.57. The molecule has 1 aromatic carbocycles. The summed E-state index contributed by atoms with van der Waals surface area (Å²) in [6, 6.07) is 3.46. The van der Waals surface area contributed by atoms with Crippen molar-refractivity contribution >= 4 is 41.9 Å². The molecule has 0 aliphatic carbocycles. The summed E-state index contributed by atoms with van der Waals surface area (Å²) >= 11 is 3.54. The summed E-state index contributed by atoms with van der Waals surface area (Å²) in [6.45, 7) is 19.3. The van der Waals surface area contributed by atoms with Gasteiger partial charge in [-0.3, -0.25) is 4.79 Å². The number of benzene rings is 1. The number of imide groups is 1. The van der Waals surface area contributed by atoms with Gasteiger partial charge in [-0.2, -0.15) is 0 Å². The summed E-state index contributed by atoms with van der Waals surface area (Å²) in [5.41, 5.74) is 1.71. The van der Waals surface area contributed by atoms with Crippen molar-refractivity contribution in [3.05, 3.63) is 27.7 Å². The highest BCUT2D eigenvalue weighted by molar-refractivity contribution is 9.10. The fraction of sp³-hybridized carbons (Fsp3) is 0.619. The van der Waals surface area contributed by atoms with Crippen molar-refractivity contribution in [3.8, 4) is 0 Å². The van der Waals surface area contributed by atoms with Crippen LogP contribution in [0.4, 0.5) is 10.5 Å². The molecule has 7 heteroatoms. The lowest BCUT2D eigenvalue weighted by atomic mass is 10.0. The van der Waals surface area contributed by atoms with Gasteiger partial charge >= 0.3 is 6.03 Å². The van der Waals surface area contributed by atoms with Gasteiger partial charge in [-0.05, 0) is 69.1 Å². The van der Waals surface area contributed by atoms with Crippen LogP contribution in [0.1, 0.15) is 45.7 Å². The average molecular weight is 469 g/mol. The number of carbonyl (C=O) groups excluding carboxylic acids is 2. The first-order valence-corrected chi connectivity index (χ1v) is 13.4. The second-order valence-corrected chi connectivity index (χ2v) is 15.2. The predicted octanol–water partition coefficient (Wildman–Crippen LogP) is 5.63. The van der Waals surface area contributed by atoms with Crippen LogP contribution in [0.15, 0.2) is 16.6 Å². The van der Waals surface area contributed by atoms with E-state index >= 15 is 0 Å². The van der Waals surface area contributed by atoms with Crippen LogP contribution in [0.3, 0.4) is 0 Å². The molecule has 1 aromatic rings. The molecule has 156 valence electrons. The molecule has 1 aliphatic heterocycles. The monoisotopic (exact) mass is 468 g/mol. The van der Waals surface area contributed by atoms with Gasteiger partial charge in [0.1, 0.15) is 5.54 Å². The first kappa shape index (κ1) is 23.1. The average Bonchev–Trinajstić information content (AvgIpc) is 2.70. The van der Waals surface area contributed by atoms with Crippen molar-refractivity contribution in [1.82, 2.24) is 4.90 Å². The number of halogens is 1. The van der Waals surface area contributed by atoms with E-state index in [0.717, 1.165) is 15.6 Å². The number of hydrogen-bond donors (Lipinski definition) is 0. The van der Waals surface area contributed by atoms with E-state index in [2.05, 4.69) is 49.8 Å². The smallest absolute Gasteiger partial charge is 0.332 e. The van der Waals surface area contributed by atoms with Crippen molar-refractivity contribution < 1.29 is 14.0 Å². The number of rotatable bonds is 5. The number of hydrogen-bond acceptors (Lipinski definition) is 3. The number of aryl methyl sites for hydroxylation is 2. The fourth-order valence-electron chi connectivity index (χ4n) is 3.10. The number of urea groups is 1. The Morgan fingerprint density at radius 2 is 1.61 bits per heavy atom. The molecule has 0 radical (unpaired) electrons. The lowest BCUT2D eigenvalue weighted by Gasteiger charge is -2.37.